The second-order valence-corrected chi connectivity index (χ2v) is 5.85. The molecule has 1 atom stereocenters. The van der Waals surface area contributed by atoms with Crippen LogP contribution >= 0.6 is 0 Å². The zero-order valence-corrected chi connectivity index (χ0v) is 14.8. The first kappa shape index (κ1) is 18.3. The number of rotatable bonds is 8. The molecule has 8 nitrogen and oxygen atoms in total. The third-order valence-electron chi connectivity index (χ3n) is 4.05. The van der Waals surface area contributed by atoms with Gasteiger partial charge in [-0.2, -0.15) is 10.1 Å². The Morgan fingerprint density at radius 3 is 3.00 bits per heavy atom. The van der Waals surface area contributed by atoms with Gasteiger partial charge in [-0.05, 0) is 30.2 Å². The van der Waals surface area contributed by atoms with Gasteiger partial charge in [0, 0.05) is 18.3 Å². The summed E-state index contributed by atoms with van der Waals surface area (Å²) in [6, 6.07) is 7.18. The number of anilines is 2. The lowest BCUT2D eigenvalue weighted by Gasteiger charge is -2.13. The predicted molar refractivity (Wildman–Crippen MR) is 102 cm³/mol. The highest BCUT2D eigenvalue weighted by Gasteiger charge is 2.15. The van der Waals surface area contributed by atoms with E-state index in [4.69, 9.17) is 16.0 Å². The highest BCUT2D eigenvalue weighted by molar-refractivity contribution is 5.87. The summed E-state index contributed by atoms with van der Waals surface area (Å²) < 4.78 is 20.7. The molecule has 2 heterocycles. The molecular weight excluding hydrogens is 349 g/mol. The van der Waals surface area contributed by atoms with Crippen LogP contribution in [0.3, 0.4) is 0 Å². The number of halogens is 1. The Balaban J connectivity index is 2.02. The molecule has 9 heteroatoms. The minimum absolute atomic E-state index is 0.0947. The van der Waals surface area contributed by atoms with Crippen molar-refractivity contribution in [3.05, 3.63) is 43.1 Å². The Morgan fingerprint density at radius 2 is 2.30 bits per heavy atom. The monoisotopic (exact) mass is 369 g/mol. The van der Waals surface area contributed by atoms with Gasteiger partial charge in [0.15, 0.2) is 0 Å². The molecule has 1 aromatic carbocycles. The van der Waals surface area contributed by atoms with Crippen LogP contribution in [0.15, 0.2) is 48.2 Å². The topological polar surface area (TPSA) is 114 Å². The number of nitrogen functional groups attached to an aromatic ring is 1. The van der Waals surface area contributed by atoms with E-state index in [0.717, 1.165) is 11.1 Å². The molecule has 140 valence electrons. The second-order valence-electron chi connectivity index (χ2n) is 5.85. The van der Waals surface area contributed by atoms with Gasteiger partial charge in [0.05, 0.1) is 12.8 Å². The van der Waals surface area contributed by atoms with E-state index < -0.39 is 6.17 Å². The quantitative estimate of drug-likeness (QED) is 0.410. The van der Waals surface area contributed by atoms with Crippen LogP contribution in [0, 0.1) is 5.53 Å². The molecule has 3 aromatic rings. The average molecular weight is 369 g/mol. The molecule has 2 aromatic heterocycles. The van der Waals surface area contributed by atoms with Crippen molar-refractivity contribution in [3.63, 3.8) is 0 Å². The number of allylic oxidation sites excluding steroid dienone is 1. The first-order chi connectivity index (χ1) is 13.1. The summed E-state index contributed by atoms with van der Waals surface area (Å²) >= 11 is 0. The summed E-state index contributed by atoms with van der Waals surface area (Å²) in [7, 11) is 1.51. The van der Waals surface area contributed by atoms with Crippen LogP contribution in [0.5, 0.6) is 5.88 Å². The fourth-order valence-corrected chi connectivity index (χ4v) is 2.81. The van der Waals surface area contributed by atoms with Gasteiger partial charge >= 0.3 is 0 Å². The van der Waals surface area contributed by atoms with Gasteiger partial charge in [-0.3, -0.25) is 0 Å². The Morgan fingerprint density at radius 1 is 1.48 bits per heavy atom. The number of hydrogen-bond donors (Lipinski definition) is 3. The molecule has 0 aliphatic carbocycles. The van der Waals surface area contributed by atoms with Gasteiger partial charge in [-0.15, -0.1) is 11.7 Å². The summed E-state index contributed by atoms with van der Waals surface area (Å²) in [4.78, 5) is 4.11. The normalized spacial score (nSPS) is 11.9. The molecule has 1 unspecified atom stereocenters. The number of nitrogens with two attached hydrogens (primary N) is 1. The Kier molecular flexibility index (Phi) is 5.30. The first-order valence-corrected chi connectivity index (χ1v) is 8.27. The minimum atomic E-state index is -1.07. The molecule has 0 aliphatic heterocycles. The predicted octanol–water partition coefficient (Wildman–Crippen LogP) is 3.98. The third kappa shape index (κ3) is 3.71. The summed E-state index contributed by atoms with van der Waals surface area (Å²) in [5, 5.41) is 10.7. The molecule has 3 rings (SSSR count). The van der Waals surface area contributed by atoms with E-state index in [9.17, 15) is 4.39 Å². The number of methoxy groups -OCH3 is 1. The van der Waals surface area contributed by atoms with E-state index in [1.807, 2.05) is 12.1 Å². The molecule has 0 saturated carbocycles. The number of fused-ring (bicyclic) bond motifs is 1. The number of aromatic nitrogens is 3. The van der Waals surface area contributed by atoms with E-state index in [1.54, 1.807) is 22.8 Å². The second kappa shape index (κ2) is 7.81. The van der Waals surface area contributed by atoms with Crippen molar-refractivity contribution in [2.24, 2.45) is 5.11 Å². The van der Waals surface area contributed by atoms with Gasteiger partial charge in [-0.25, -0.2) is 14.4 Å². The molecule has 4 N–H and O–H groups in total. The third-order valence-corrected chi connectivity index (χ3v) is 4.05. The van der Waals surface area contributed by atoms with E-state index in [2.05, 4.69) is 27.1 Å². The largest absolute Gasteiger partial charge is 0.479 e. The fraction of sp³-hybridized carbons (Fsp3) is 0.222. The summed E-state index contributed by atoms with van der Waals surface area (Å²) in [6.07, 6.45) is 2.46. The lowest BCUT2D eigenvalue weighted by Crippen LogP contribution is -2.14. The molecule has 0 fully saturated rings. The van der Waals surface area contributed by atoms with E-state index in [1.165, 1.54) is 13.2 Å². The highest BCUT2D eigenvalue weighted by atomic mass is 19.1. The van der Waals surface area contributed by atoms with Gasteiger partial charge in [0.2, 0.25) is 11.8 Å². The number of hydrogen-bond acceptors (Lipinski definition) is 7. The SMILES string of the molecule is C=CCC(F)CNc1cc(-c2ccn3nc(N)nc(OC)c23)ccc1N=N. The van der Waals surface area contributed by atoms with Gasteiger partial charge < -0.3 is 15.8 Å². The van der Waals surface area contributed by atoms with Crippen molar-refractivity contribution in [2.45, 2.75) is 12.6 Å². The van der Waals surface area contributed by atoms with Gasteiger partial charge in [-0.1, -0.05) is 12.1 Å². The molecule has 0 amide bonds. The van der Waals surface area contributed by atoms with Crippen molar-refractivity contribution < 1.29 is 9.13 Å². The van der Waals surface area contributed by atoms with Crippen LogP contribution in [0.25, 0.3) is 16.6 Å². The summed E-state index contributed by atoms with van der Waals surface area (Å²) in [6.45, 7) is 3.63. The van der Waals surface area contributed by atoms with Crippen molar-refractivity contribution in [3.8, 4) is 17.0 Å². The zero-order chi connectivity index (χ0) is 19.4. The molecule has 0 saturated heterocycles. The number of nitrogens with zero attached hydrogens (tertiary/aromatic N) is 4. The van der Waals surface area contributed by atoms with Crippen LogP contribution in [-0.4, -0.2) is 34.4 Å². The van der Waals surface area contributed by atoms with Crippen LogP contribution in [0.1, 0.15) is 6.42 Å². The van der Waals surface area contributed by atoms with E-state index in [0.29, 0.717) is 22.8 Å². The maximum absolute atomic E-state index is 13.8. The van der Waals surface area contributed by atoms with Crippen molar-refractivity contribution in [1.82, 2.24) is 14.6 Å². The smallest absolute Gasteiger partial charge is 0.243 e. The van der Waals surface area contributed by atoms with Crippen LogP contribution in [-0.2, 0) is 0 Å². The van der Waals surface area contributed by atoms with Gasteiger partial charge in [0.25, 0.3) is 0 Å². The Hall–Kier alpha value is -3.49. The van der Waals surface area contributed by atoms with Crippen LogP contribution in [0.4, 0.5) is 21.7 Å². The Labute approximate surface area is 155 Å². The van der Waals surface area contributed by atoms with Crippen LogP contribution in [0.2, 0.25) is 0 Å². The first-order valence-electron chi connectivity index (χ1n) is 8.27. The number of nitrogens with one attached hydrogen (secondary N) is 2. The van der Waals surface area contributed by atoms with E-state index in [-0.39, 0.29) is 18.9 Å². The highest BCUT2D eigenvalue weighted by Crippen LogP contribution is 2.35. The maximum atomic E-state index is 13.8. The minimum Gasteiger partial charge on any atom is -0.479 e. The number of benzene rings is 1. The molecule has 0 radical (unpaired) electrons. The van der Waals surface area contributed by atoms with E-state index >= 15 is 0 Å². The standard InChI is InChI=1S/C18H20FN7O/c1-3-4-12(19)10-22-15-9-11(5-6-14(15)24-21)13-7-8-26-16(13)17(27-2)23-18(20)25-26/h3,5-9,12,21-22H,1,4,10H2,2H3,(H2,20,25). The average Bonchev–Trinajstić information content (AvgIpc) is 3.09. The molecule has 0 aliphatic rings. The molecule has 0 bridgehead atoms. The lowest BCUT2D eigenvalue weighted by molar-refractivity contribution is 0.353. The number of alkyl halides is 1. The van der Waals surface area contributed by atoms with Gasteiger partial charge in [0.1, 0.15) is 17.4 Å². The molecular formula is C18H20FN7O. The fourth-order valence-electron chi connectivity index (χ4n) is 2.81. The van der Waals surface area contributed by atoms with Crippen molar-refractivity contribution in [2.75, 3.05) is 24.7 Å². The lowest BCUT2D eigenvalue weighted by atomic mass is 10.1. The molecule has 27 heavy (non-hydrogen) atoms. The molecule has 0 spiro atoms. The van der Waals surface area contributed by atoms with Crippen molar-refractivity contribution in [1.29, 1.82) is 5.53 Å². The van der Waals surface area contributed by atoms with Crippen LogP contribution < -0.4 is 15.8 Å². The van der Waals surface area contributed by atoms with Crippen molar-refractivity contribution >= 4 is 22.8 Å². The summed E-state index contributed by atoms with van der Waals surface area (Å²) in [5.74, 6) is 0.449. The zero-order valence-electron chi connectivity index (χ0n) is 14.8. The maximum Gasteiger partial charge on any atom is 0.243 e. The number of ether oxygens (including phenoxy) is 1. The summed E-state index contributed by atoms with van der Waals surface area (Å²) in [5.41, 5.74) is 16.3. The Bertz CT molecular complexity index is 985.